The molecule has 0 atom stereocenters. The van der Waals surface area contributed by atoms with Gasteiger partial charge in [0.1, 0.15) is 5.69 Å². The summed E-state index contributed by atoms with van der Waals surface area (Å²) < 4.78 is 0. The van der Waals surface area contributed by atoms with Crippen molar-refractivity contribution >= 4 is 23.4 Å². The second-order valence-corrected chi connectivity index (χ2v) is 6.63. The second kappa shape index (κ2) is 7.12. The lowest BCUT2D eigenvalue weighted by molar-refractivity contribution is -0.140. The maximum atomic E-state index is 12.3. The Morgan fingerprint density at radius 1 is 1.39 bits per heavy atom. The van der Waals surface area contributed by atoms with Crippen LogP contribution in [0.5, 0.6) is 0 Å². The van der Waals surface area contributed by atoms with Crippen LogP contribution in [0.25, 0.3) is 0 Å². The summed E-state index contributed by atoms with van der Waals surface area (Å²) in [5.41, 5.74) is -0.751. The molecule has 2 heterocycles. The van der Waals surface area contributed by atoms with E-state index in [2.05, 4.69) is 15.5 Å². The van der Waals surface area contributed by atoms with Gasteiger partial charge in [0.15, 0.2) is 0 Å². The molecule has 2 amide bonds. The summed E-state index contributed by atoms with van der Waals surface area (Å²) in [6, 6.07) is 2.63. The van der Waals surface area contributed by atoms with Gasteiger partial charge in [0.25, 0.3) is 11.5 Å². The zero-order chi connectivity index (χ0) is 17.0. The Hall–Kier alpha value is -1.89. The zero-order valence-electron chi connectivity index (χ0n) is 13.3. The van der Waals surface area contributed by atoms with Crippen LogP contribution in [-0.4, -0.2) is 51.9 Å². The van der Waals surface area contributed by atoms with E-state index < -0.39 is 5.41 Å². The molecule has 7 nitrogen and oxygen atoms in total. The number of hydrogen-bond donors (Lipinski definition) is 2. The van der Waals surface area contributed by atoms with Crippen LogP contribution >= 0.6 is 11.6 Å². The van der Waals surface area contributed by atoms with E-state index in [9.17, 15) is 14.4 Å². The van der Waals surface area contributed by atoms with Crippen molar-refractivity contribution in [2.75, 3.05) is 19.0 Å². The van der Waals surface area contributed by atoms with Crippen molar-refractivity contribution in [2.24, 2.45) is 5.41 Å². The Bertz CT molecular complexity index is 615. The minimum Gasteiger partial charge on any atom is -0.348 e. The SMILES string of the molecule is CC(C)(CCl)C(=O)N1CCC(NC(=O)c2ccc(=O)[nH]n2)CC1. The highest BCUT2D eigenvalue weighted by atomic mass is 35.5. The summed E-state index contributed by atoms with van der Waals surface area (Å²) in [4.78, 5) is 37.1. The summed E-state index contributed by atoms with van der Waals surface area (Å²) in [6.45, 7) is 4.84. The van der Waals surface area contributed by atoms with Gasteiger partial charge in [-0.1, -0.05) is 0 Å². The van der Waals surface area contributed by atoms with Gasteiger partial charge in [0.05, 0.1) is 5.41 Å². The van der Waals surface area contributed by atoms with E-state index in [0.717, 1.165) is 0 Å². The van der Waals surface area contributed by atoms with Crippen LogP contribution < -0.4 is 10.9 Å². The number of aromatic nitrogens is 2. The van der Waals surface area contributed by atoms with Gasteiger partial charge >= 0.3 is 0 Å². The molecule has 0 radical (unpaired) electrons. The topological polar surface area (TPSA) is 95.2 Å². The number of aromatic amines is 1. The highest BCUT2D eigenvalue weighted by molar-refractivity contribution is 6.19. The Morgan fingerprint density at radius 2 is 2.04 bits per heavy atom. The lowest BCUT2D eigenvalue weighted by atomic mass is 9.92. The van der Waals surface area contributed by atoms with E-state index in [0.29, 0.717) is 25.9 Å². The molecule has 1 aromatic rings. The fraction of sp³-hybridized carbons (Fsp3) is 0.600. The molecule has 1 aliphatic heterocycles. The summed E-state index contributed by atoms with van der Waals surface area (Å²) in [7, 11) is 0. The number of hydrogen-bond acceptors (Lipinski definition) is 4. The number of nitrogens with zero attached hydrogens (tertiary/aromatic N) is 2. The van der Waals surface area contributed by atoms with Crippen molar-refractivity contribution in [3.05, 3.63) is 28.2 Å². The Labute approximate surface area is 139 Å². The van der Waals surface area contributed by atoms with Crippen LogP contribution in [0.2, 0.25) is 0 Å². The number of nitrogens with one attached hydrogen (secondary N) is 2. The minimum atomic E-state index is -0.572. The van der Waals surface area contributed by atoms with E-state index >= 15 is 0 Å². The molecule has 126 valence electrons. The number of piperidine rings is 1. The van der Waals surface area contributed by atoms with Crippen molar-refractivity contribution in [1.82, 2.24) is 20.4 Å². The number of H-pyrrole nitrogens is 1. The van der Waals surface area contributed by atoms with Crippen LogP contribution in [0.3, 0.4) is 0 Å². The van der Waals surface area contributed by atoms with Crippen LogP contribution in [0.15, 0.2) is 16.9 Å². The van der Waals surface area contributed by atoms with Crippen molar-refractivity contribution in [3.63, 3.8) is 0 Å². The van der Waals surface area contributed by atoms with Crippen molar-refractivity contribution in [3.8, 4) is 0 Å². The van der Waals surface area contributed by atoms with Gasteiger partial charge in [-0.15, -0.1) is 11.6 Å². The summed E-state index contributed by atoms with van der Waals surface area (Å²) in [5.74, 6) is -0.00732. The normalized spacial score (nSPS) is 16.2. The average molecular weight is 341 g/mol. The highest BCUT2D eigenvalue weighted by Crippen LogP contribution is 2.23. The molecule has 1 aliphatic rings. The molecule has 0 unspecified atom stereocenters. The first-order valence-electron chi connectivity index (χ1n) is 7.55. The number of amides is 2. The van der Waals surface area contributed by atoms with Gasteiger partial charge in [-0.25, -0.2) is 5.10 Å². The van der Waals surface area contributed by atoms with Gasteiger partial charge in [-0.2, -0.15) is 5.10 Å². The van der Waals surface area contributed by atoms with Crippen molar-refractivity contribution < 1.29 is 9.59 Å². The first-order valence-corrected chi connectivity index (χ1v) is 8.09. The molecule has 1 saturated heterocycles. The first-order chi connectivity index (χ1) is 10.8. The molecule has 2 rings (SSSR count). The van der Waals surface area contributed by atoms with Crippen molar-refractivity contribution in [1.29, 1.82) is 0 Å². The predicted octanol–water partition coefficient (Wildman–Crippen LogP) is 0.756. The quantitative estimate of drug-likeness (QED) is 0.791. The number of alkyl halides is 1. The third-order valence-electron chi connectivity index (χ3n) is 3.94. The molecule has 0 spiro atoms. The monoisotopic (exact) mass is 340 g/mol. The van der Waals surface area contributed by atoms with E-state index in [1.807, 2.05) is 13.8 Å². The molecule has 2 N–H and O–H groups in total. The zero-order valence-corrected chi connectivity index (χ0v) is 14.0. The van der Waals surface area contributed by atoms with Crippen LogP contribution in [-0.2, 0) is 4.79 Å². The lowest BCUT2D eigenvalue weighted by Crippen LogP contribution is -2.50. The Morgan fingerprint density at radius 3 is 2.57 bits per heavy atom. The third-order valence-corrected chi connectivity index (χ3v) is 4.61. The number of carbonyl (C=O) groups is 2. The number of halogens is 1. The van der Waals surface area contributed by atoms with Crippen molar-refractivity contribution in [2.45, 2.75) is 32.7 Å². The smallest absolute Gasteiger partial charge is 0.271 e. The van der Waals surface area contributed by atoms with Gasteiger partial charge < -0.3 is 10.2 Å². The minimum absolute atomic E-state index is 0.0145. The summed E-state index contributed by atoms with van der Waals surface area (Å²) in [6.07, 6.45) is 1.36. The van der Waals surface area contributed by atoms with Gasteiger partial charge in [0.2, 0.25) is 5.91 Å². The average Bonchev–Trinajstić information content (AvgIpc) is 2.55. The fourth-order valence-corrected chi connectivity index (χ4v) is 2.56. The molecule has 1 fully saturated rings. The first kappa shape index (κ1) is 17.5. The van der Waals surface area contributed by atoms with Gasteiger partial charge in [0, 0.05) is 31.1 Å². The predicted molar refractivity (Wildman–Crippen MR) is 86.4 cm³/mol. The number of carbonyl (C=O) groups excluding carboxylic acids is 2. The van der Waals surface area contributed by atoms with Crippen LogP contribution in [0, 0.1) is 5.41 Å². The lowest BCUT2D eigenvalue weighted by Gasteiger charge is -2.36. The molecular formula is C15H21ClN4O3. The third kappa shape index (κ3) is 4.31. The molecule has 0 aliphatic carbocycles. The van der Waals surface area contributed by atoms with Gasteiger partial charge in [-0.05, 0) is 32.8 Å². The highest BCUT2D eigenvalue weighted by Gasteiger charge is 2.33. The Kier molecular flexibility index (Phi) is 5.41. The molecule has 1 aromatic heterocycles. The fourth-order valence-electron chi connectivity index (χ4n) is 2.44. The van der Waals surface area contributed by atoms with Gasteiger partial charge in [-0.3, -0.25) is 14.4 Å². The molecule has 23 heavy (non-hydrogen) atoms. The molecule has 0 saturated carbocycles. The molecule has 0 aromatic carbocycles. The van der Waals surface area contributed by atoms with E-state index in [1.54, 1.807) is 4.90 Å². The number of rotatable bonds is 4. The summed E-state index contributed by atoms with van der Waals surface area (Å²) >= 11 is 5.85. The van der Waals surface area contributed by atoms with E-state index in [-0.39, 0.29) is 35.0 Å². The van der Waals surface area contributed by atoms with E-state index in [4.69, 9.17) is 11.6 Å². The maximum Gasteiger partial charge on any atom is 0.271 e. The molecule has 0 bridgehead atoms. The molecule has 8 heteroatoms. The van der Waals surface area contributed by atoms with Crippen LogP contribution in [0.1, 0.15) is 37.2 Å². The second-order valence-electron chi connectivity index (χ2n) is 6.36. The van der Waals surface area contributed by atoms with Crippen LogP contribution in [0.4, 0.5) is 0 Å². The maximum absolute atomic E-state index is 12.3. The summed E-state index contributed by atoms with van der Waals surface area (Å²) in [5, 5.41) is 8.81. The van der Waals surface area contributed by atoms with E-state index in [1.165, 1.54) is 12.1 Å². The Balaban J connectivity index is 1.87. The molecular weight excluding hydrogens is 320 g/mol. The standard InChI is InChI=1S/C15H21ClN4O3/c1-15(2,9-16)14(23)20-7-5-10(6-8-20)17-13(22)11-3-4-12(21)19-18-11/h3-4,10H,5-9H2,1-2H3,(H,17,22)(H,19,21). The number of likely N-dealkylation sites (tertiary alicyclic amines) is 1. The largest absolute Gasteiger partial charge is 0.348 e.